The number of carbonyl (C=O) groups excluding carboxylic acids is 1. The van der Waals surface area contributed by atoms with Gasteiger partial charge in [0, 0.05) is 6.92 Å². The van der Waals surface area contributed by atoms with E-state index in [1.54, 1.807) is 0 Å². The molecule has 0 unspecified atom stereocenters. The van der Waals surface area contributed by atoms with Crippen molar-refractivity contribution in [3.63, 3.8) is 0 Å². The molecule has 0 N–H and O–H groups in total. The highest BCUT2D eigenvalue weighted by molar-refractivity contribution is 7.53. The van der Waals surface area contributed by atoms with Gasteiger partial charge in [0.15, 0.2) is 0 Å². The highest BCUT2D eigenvalue weighted by atomic mass is 31.2. The monoisotopic (exact) mass is 282 g/mol. The second kappa shape index (κ2) is 10.5. The molecule has 0 aromatic heterocycles. The minimum atomic E-state index is -3.18. The number of rotatable bonds is 11. The summed E-state index contributed by atoms with van der Waals surface area (Å²) in [6.07, 6.45) is 1.40. The summed E-state index contributed by atoms with van der Waals surface area (Å²) in [5, 5.41) is 0. The van der Waals surface area contributed by atoms with Crippen LogP contribution in [-0.2, 0) is 27.9 Å². The van der Waals surface area contributed by atoms with Gasteiger partial charge in [-0.1, -0.05) is 13.8 Å². The summed E-state index contributed by atoms with van der Waals surface area (Å²) in [4.78, 5) is 10.5. The van der Waals surface area contributed by atoms with Crippen LogP contribution in [0, 0.1) is 0 Å². The summed E-state index contributed by atoms with van der Waals surface area (Å²) in [7, 11) is -3.18. The Labute approximate surface area is 108 Å². The SMILES string of the molecule is CCCOP(=O)(COCCOC(C)=O)OCCC. The van der Waals surface area contributed by atoms with E-state index < -0.39 is 7.60 Å². The van der Waals surface area contributed by atoms with Gasteiger partial charge in [0.05, 0.1) is 19.8 Å². The minimum absolute atomic E-state index is 0.117. The second-order valence-corrected chi connectivity index (χ2v) is 5.65. The van der Waals surface area contributed by atoms with Crippen molar-refractivity contribution in [3.8, 4) is 0 Å². The quantitative estimate of drug-likeness (QED) is 0.329. The van der Waals surface area contributed by atoms with Crippen molar-refractivity contribution in [2.24, 2.45) is 0 Å². The van der Waals surface area contributed by atoms with E-state index in [4.69, 9.17) is 13.8 Å². The average molecular weight is 282 g/mol. The van der Waals surface area contributed by atoms with E-state index in [-0.39, 0.29) is 25.5 Å². The van der Waals surface area contributed by atoms with Crippen molar-refractivity contribution < 1.29 is 27.9 Å². The molecule has 0 amide bonds. The van der Waals surface area contributed by atoms with Gasteiger partial charge in [0.1, 0.15) is 13.0 Å². The van der Waals surface area contributed by atoms with Crippen molar-refractivity contribution in [2.75, 3.05) is 32.8 Å². The molecule has 0 saturated carbocycles. The van der Waals surface area contributed by atoms with E-state index in [2.05, 4.69) is 4.74 Å². The lowest BCUT2D eigenvalue weighted by atomic mass is 10.5. The van der Waals surface area contributed by atoms with E-state index in [1.165, 1.54) is 6.92 Å². The highest BCUT2D eigenvalue weighted by Gasteiger charge is 2.24. The molecule has 0 fully saturated rings. The number of esters is 1. The Bertz CT molecular complexity index is 256. The first-order valence-corrected chi connectivity index (χ1v) is 7.86. The van der Waals surface area contributed by atoms with Crippen LogP contribution in [0.2, 0.25) is 0 Å². The van der Waals surface area contributed by atoms with Crippen LogP contribution in [0.15, 0.2) is 0 Å². The number of hydrogen-bond acceptors (Lipinski definition) is 6. The molecule has 7 heteroatoms. The molecular formula is C11H23O6P. The third-order valence-corrected chi connectivity index (χ3v) is 3.42. The first kappa shape index (κ1) is 17.6. The third kappa shape index (κ3) is 9.59. The largest absolute Gasteiger partial charge is 0.463 e. The smallest absolute Gasteiger partial charge is 0.356 e. The Balaban J connectivity index is 3.92. The second-order valence-electron chi connectivity index (χ2n) is 3.65. The molecule has 0 aromatic rings. The predicted molar refractivity (Wildman–Crippen MR) is 67.5 cm³/mol. The van der Waals surface area contributed by atoms with Crippen LogP contribution in [-0.4, -0.2) is 38.7 Å². The molecule has 6 nitrogen and oxygen atoms in total. The molecule has 0 aliphatic rings. The lowest BCUT2D eigenvalue weighted by Crippen LogP contribution is -2.10. The van der Waals surface area contributed by atoms with Gasteiger partial charge in [-0.25, -0.2) is 0 Å². The van der Waals surface area contributed by atoms with Gasteiger partial charge in [0.2, 0.25) is 0 Å². The molecule has 0 rings (SSSR count). The molecular weight excluding hydrogens is 259 g/mol. The van der Waals surface area contributed by atoms with Crippen LogP contribution >= 0.6 is 7.60 Å². The summed E-state index contributed by atoms with van der Waals surface area (Å²) >= 11 is 0. The van der Waals surface area contributed by atoms with Gasteiger partial charge in [-0.2, -0.15) is 0 Å². The van der Waals surface area contributed by atoms with Crippen molar-refractivity contribution in [1.82, 2.24) is 0 Å². The van der Waals surface area contributed by atoms with Crippen LogP contribution in [0.5, 0.6) is 0 Å². The number of hydrogen-bond donors (Lipinski definition) is 0. The maximum atomic E-state index is 12.2. The van der Waals surface area contributed by atoms with E-state index in [0.29, 0.717) is 13.2 Å². The minimum Gasteiger partial charge on any atom is -0.463 e. The summed E-state index contributed by atoms with van der Waals surface area (Å²) < 4.78 is 32.4. The van der Waals surface area contributed by atoms with Gasteiger partial charge in [-0.15, -0.1) is 0 Å². The maximum absolute atomic E-state index is 12.2. The number of carbonyl (C=O) groups is 1. The van der Waals surface area contributed by atoms with Gasteiger partial charge >= 0.3 is 13.6 Å². The van der Waals surface area contributed by atoms with Crippen LogP contribution in [0.3, 0.4) is 0 Å². The molecule has 108 valence electrons. The molecule has 0 heterocycles. The van der Waals surface area contributed by atoms with Crippen molar-refractivity contribution in [2.45, 2.75) is 33.6 Å². The molecule has 0 atom stereocenters. The van der Waals surface area contributed by atoms with Crippen LogP contribution in [0.1, 0.15) is 33.6 Å². The third-order valence-electron chi connectivity index (χ3n) is 1.77. The van der Waals surface area contributed by atoms with E-state index in [0.717, 1.165) is 12.8 Å². The molecule has 0 aromatic carbocycles. The standard InChI is InChI=1S/C11H23O6P/c1-4-6-16-18(13,17-7-5-2)10-14-8-9-15-11(3)12/h4-10H2,1-3H3. The zero-order valence-corrected chi connectivity index (χ0v) is 12.2. The lowest BCUT2D eigenvalue weighted by Gasteiger charge is -2.18. The Kier molecular flexibility index (Phi) is 10.3. The Morgan fingerprint density at radius 3 is 2.00 bits per heavy atom. The summed E-state index contributed by atoms with van der Waals surface area (Å²) in [6, 6.07) is 0. The maximum Gasteiger partial charge on any atom is 0.356 e. The Morgan fingerprint density at radius 1 is 1.00 bits per heavy atom. The zero-order valence-electron chi connectivity index (χ0n) is 11.3. The molecule has 0 bridgehead atoms. The van der Waals surface area contributed by atoms with Gasteiger partial charge in [-0.05, 0) is 12.8 Å². The molecule has 0 aliphatic heterocycles. The number of ether oxygens (including phenoxy) is 2. The molecule has 0 spiro atoms. The van der Waals surface area contributed by atoms with Crippen molar-refractivity contribution >= 4 is 13.6 Å². The summed E-state index contributed by atoms with van der Waals surface area (Å²) in [6.45, 7) is 6.21. The fourth-order valence-corrected chi connectivity index (χ4v) is 2.49. The van der Waals surface area contributed by atoms with Gasteiger partial charge in [0.25, 0.3) is 0 Å². The molecule has 0 aliphatic carbocycles. The van der Waals surface area contributed by atoms with Gasteiger partial charge in [-0.3, -0.25) is 9.36 Å². The zero-order chi connectivity index (χ0) is 13.9. The predicted octanol–water partition coefficient (Wildman–Crippen LogP) is 2.57. The van der Waals surface area contributed by atoms with Crippen LogP contribution in [0.4, 0.5) is 0 Å². The topological polar surface area (TPSA) is 71.1 Å². The molecule has 0 saturated heterocycles. The van der Waals surface area contributed by atoms with Crippen LogP contribution < -0.4 is 0 Å². The Hall–Kier alpha value is -0.420. The normalized spacial score (nSPS) is 11.5. The van der Waals surface area contributed by atoms with Crippen molar-refractivity contribution in [1.29, 1.82) is 0 Å². The first-order valence-electron chi connectivity index (χ1n) is 6.13. The van der Waals surface area contributed by atoms with E-state index >= 15 is 0 Å². The van der Waals surface area contributed by atoms with E-state index in [9.17, 15) is 9.36 Å². The summed E-state index contributed by atoms with van der Waals surface area (Å²) in [5.41, 5.74) is 0. The van der Waals surface area contributed by atoms with E-state index in [1.807, 2.05) is 13.8 Å². The summed E-state index contributed by atoms with van der Waals surface area (Å²) in [5.74, 6) is -0.369. The highest BCUT2D eigenvalue weighted by Crippen LogP contribution is 2.48. The fourth-order valence-electron chi connectivity index (χ4n) is 0.993. The van der Waals surface area contributed by atoms with Crippen LogP contribution in [0.25, 0.3) is 0 Å². The fraction of sp³-hybridized carbons (Fsp3) is 0.909. The van der Waals surface area contributed by atoms with Crippen molar-refractivity contribution in [3.05, 3.63) is 0 Å². The molecule has 0 radical (unpaired) electrons. The Morgan fingerprint density at radius 2 is 1.56 bits per heavy atom. The molecule has 18 heavy (non-hydrogen) atoms. The first-order chi connectivity index (χ1) is 8.54. The average Bonchev–Trinajstić information content (AvgIpc) is 2.33. The lowest BCUT2D eigenvalue weighted by molar-refractivity contribution is -0.142. The van der Waals surface area contributed by atoms with Gasteiger partial charge < -0.3 is 18.5 Å².